The molecule has 0 heterocycles. The Hall–Kier alpha value is -1.59. The Morgan fingerprint density at radius 3 is 2.08 bits per heavy atom. The van der Waals surface area contributed by atoms with Gasteiger partial charge in [-0.15, -0.1) is 0 Å². The maximum atomic E-state index is 12.5. The predicted molar refractivity (Wildman–Crippen MR) is 186 cm³/mol. The van der Waals surface area contributed by atoms with Gasteiger partial charge in [0, 0.05) is 18.8 Å². The van der Waals surface area contributed by atoms with E-state index in [-0.39, 0.29) is 31.1 Å². The standard InChI is InChI=1S/C36H65O11P/c1-4-5-13-19-29(37)23-24-32-31(33(38)25-34(32)39)20-16-17-22-36(41)47-30(27-46-48(42,43)44)26-45-35(40)21-15-12-10-8-6-7-9-11-14-18-28(2)3/h16-17,23-24,28-34,37-39H,4-15,18-22,25-27H2,1-3H3,(H2,42,43,44)/b17-16-,24-23+/t29-,30-,31+,32-,33+,34-/m1/s1. The number of hydrogen-bond donors (Lipinski definition) is 5. The van der Waals surface area contributed by atoms with Gasteiger partial charge in [-0.05, 0) is 31.1 Å². The summed E-state index contributed by atoms with van der Waals surface area (Å²) >= 11 is 0. The van der Waals surface area contributed by atoms with Crippen molar-refractivity contribution >= 4 is 19.8 Å². The number of unbranched alkanes of at least 4 members (excludes halogenated alkanes) is 10. The molecule has 0 unspecified atom stereocenters. The lowest BCUT2D eigenvalue weighted by Crippen LogP contribution is -2.29. The maximum Gasteiger partial charge on any atom is 0.469 e. The first kappa shape index (κ1) is 44.4. The number of ether oxygens (including phenoxy) is 2. The van der Waals surface area contributed by atoms with Crippen LogP contribution in [0.2, 0.25) is 0 Å². The average Bonchev–Trinajstić information content (AvgIpc) is 3.28. The molecule has 1 saturated carbocycles. The molecule has 6 atom stereocenters. The van der Waals surface area contributed by atoms with Gasteiger partial charge in [-0.25, -0.2) is 4.57 Å². The van der Waals surface area contributed by atoms with E-state index < -0.39 is 57.4 Å². The largest absolute Gasteiger partial charge is 0.469 e. The van der Waals surface area contributed by atoms with Crippen molar-refractivity contribution in [3.05, 3.63) is 24.3 Å². The molecule has 0 aliphatic heterocycles. The number of carbonyl (C=O) groups excluding carboxylic acids is 2. The van der Waals surface area contributed by atoms with Crippen molar-refractivity contribution in [1.82, 2.24) is 0 Å². The Labute approximate surface area is 288 Å². The third-order valence-electron chi connectivity index (χ3n) is 8.75. The third kappa shape index (κ3) is 22.9. The number of esters is 2. The number of phosphoric acid groups is 1. The lowest BCUT2D eigenvalue weighted by Gasteiger charge is -2.20. The van der Waals surface area contributed by atoms with E-state index in [1.807, 2.05) is 0 Å². The number of hydrogen-bond acceptors (Lipinski definition) is 9. The van der Waals surface area contributed by atoms with Gasteiger partial charge in [0.25, 0.3) is 0 Å². The molecule has 280 valence electrons. The molecule has 1 aliphatic carbocycles. The zero-order valence-corrected chi connectivity index (χ0v) is 30.5. The van der Waals surface area contributed by atoms with Crippen molar-refractivity contribution in [2.24, 2.45) is 17.8 Å². The number of aliphatic hydroxyl groups is 3. The van der Waals surface area contributed by atoms with E-state index in [9.17, 15) is 29.5 Å². The van der Waals surface area contributed by atoms with E-state index in [2.05, 4.69) is 25.3 Å². The Bertz CT molecular complexity index is 964. The van der Waals surface area contributed by atoms with Crippen molar-refractivity contribution in [1.29, 1.82) is 0 Å². The summed E-state index contributed by atoms with van der Waals surface area (Å²) in [4.78, 5) is 42.9. The number of carbonyl (C=O) groups is 2. The van der Waals surface area contributed by atoms with E-state index in [1.54, 1.807) is 24.3 Å². The average molecular weight is 705 g/mol. The van der Waals surface area contributed by atoms with Crippen LogP contribution in [-0.2, 0) is 28.2 Å². The molecule has 0 aromatic carbocycles. The lowest BCUT2D eigenvalue weighted by atomic mass is 9.89. The molecule has 48 heavy (non-hydrogen) atoms. The van der Waals surface area contributed by atoms with Crippen LogP contribution in [0.1, 0.15) is 136 Å². The van der Waals surface area contributed by atoms with Crippen LogP contribution in [0.5, 0.6) is 0 Å². The van der Waals surface area contributed by atoms with Gasteiger partial charge in [-0.3, -0.25) is 14.1 Å². The molecule has 0 aromatic heterocycles. The summed E-state index contributed by atoms with van der Waals surface area (Å²) in [7, 11) is -4.84. The van der Waals surface area contributed by atoms with Crippen LogP contribution in [0.25, 0.3) is 0 Å². The molecular formula is C36H65O11P. The summed E-state index contributed by atoms with van der Waals surface area (Å²) in [5.74, 6) is -1.05. The van der Waals surface area contributed by atoms with E-state index in [0.29, 0.717) is 19.3 Å². The first-order valence-electron chi connectivity index (χ1n) is 18.2. The molecule has 5 N–H and O–H groups in total. The maximum absolute atomic E-state index is 12.5. The van der Waals surface area contributed by atoms with E-state index in [0.717, 1.165) is 44.4 Å². The fraction of sp³-hybridized carbons (Fsp3) is 0.833. The molecule has 11 nitrogen and oxygen atoms in total. The summed E-state index contributed by atoms with van der Waals surface area (Å²) in [6.07, 6.45) is 19.1. The molecule has 12 heteroatoms. The minimum absolute atomic E-state index is 0.166. The molecule has 0 spiro atoms. The monoisotopic (exact) mass is 704 g/mol. The predicted octanol–water partition coefficient (Wildman–Crippen LogP) is 6.69. The Balaban J connectivity index is 2.43. The fourth-order valence-electron chi connectivity index (χ4n) is 5.94. The highest BCUT2D eigenvalue weighted by molar-refractivity contribution is 7.46. The minimum Gasteiger partial charge on any atom is -0.462 e. The molecule has 0 amide bonds. The number of allylic oxidation sites excluding steroid dienone is 1. The van der Waals surface area contributed by atoms with Gasteiger partial charge >= 0.3 is 19.8 Å². The van der Waals surface area contributed by atoms with Crippen molar-refractivity contribution in [2.75, 3.05) is 13.2 Å². The van der Waals surface area contributed by atoms with Crippen LogP contribution in [-0.4, -0.2) is 74.7 Å². The summed E-state index contributed by atoms with van der Waals surface area (Å²) < 4.78 is 26.2. The van der Waals surface area contributed by atoms with Crippen LogP contribution < -0.4 is 0 Å². The highest BCUT2D eigenvalue weighted by Gasteiger charge is 2.39. The van der Waals surface area contributed by atoms with E-state index in [1.165, 1.54) is 38.5 Å². The first-order chi connectivity index (χ1) is 22.8. The lowest BCUT2D eigenvalue weighted by molar-refractivity contribution is -0.160. The Morgan fingerprint density at radius 2 is 1.46 bits per heavy atom. The molecular weight excluding hydrogens is 639 g/mol. The zero-order chi connectivity index (χ0) is 35.8. The second-order valence-electron chi connectivity index (χ2n) is 13.7. The minimum atomic E-state index is -4.84. The van der Waals surface area contributed by atoms with Crippen molar-refractivity contribution in [2.45, 2.75) is 161 Å². The fourth-order valence-corrected chi connectivity index (χ4v) is 6.30. The second kappa shape index (κ2) is 26.3. The third-order valence-corrected chi connectivity index (χ3v) is 9.24. The first-order valence-corrected chi connectivity index (χ1v) is 19.8. The van der Waals surface area contributed by atoms with Crippen molar-refractivity contribution in [3.63, 3.8) is 0 Å². The number of aliphatic hydroxyl groups excluding tert-OH is 3. The molecule has 1 aliphatic rings. The second-order valence-corrected chi connectivity index (χ2v) is 14.9. The summed E-state index contributed by atoms with van der Waals surface area (Å²) in [5.41, 5.74) is 0. The van der Waals surface area contributed by atoms with E-state index in [4.69, 9.17) is 19.3 Å². The summed E-state index contributed by atoms with van der Waals surface area (Å²) in [6.45, 7) is 5.56. The van der Waals surface area contributed by atoms with Crippen molar-refractivity contribution < 1.29 is 53.3 Å². The van der Waals surface area contributed by atoms with Crippen LogP contribution in [0.3, 0.4) is 0 Å². The van der Waals surface area contributed by atoms with Gasteiger partial charge in [-0.1, -0.05) is 122 Å². The van der Waals surface area contributed by atoms with Crippen LogP contribution in [0.15, 0.2) is 24.3 Å². The molecule has 0 bridgehead atoms. The number of phosphoric ester groups is 1. The van der Waals surface area contributed by atoms with Gasteiger partial charge in [0.2, 0.25) is 0 Å². The highest BCUT2D eigenvalue weighted by atomic mass is 31.2. The molecule has 0 radical (unpaired) electrons. The Morgan fingerprint density at radius 1 is 0.833 bits per heavy atom. The number of rotatable bonds is 28. The zero-order valence-electron chi connectivity index (χ0n) is 29.6. The Kier molecular flexibility index (Phi) is 24.3. The van der Waals surface area contributed by atoms with Gasteiger partial charge in [-0.2, -0.15) is 0 Å². The topological polar surface area (TPSA) is 180 Å². The molecule has 0 saturated heterocycles. The smallest absolute Gasteiger partial charge is 0.462 e. The SMILES string of the molecule is CCCCC[C@@H](O)/C=C/[C@@H]1[C@H](C/C=C\CC(=O)O[C@H](COC(=O)CCCCCCCCCCCC(C)C)COP(=O)(O)O)[C@@H](O)C[C@H]1O. The van der Waals surface area contributed by atoms with Crippen LogP contribution >= 0.6 is 7.82 Å². The summed E-state index contributed by atoms with van der Waals surface area (Å²) in [5, 5.41) is 31.1. The van der Waals surface area contributed by atoms with E-state index >= 15 is 0 Å². The van der Waals surface area contributed by atoms with Gasteiger partial charge < -0.3 is 34.6 Å². The molecule has 0 aromatic rings. The normalized spacial score (nSPS) is 21.4. The van der Waals surface area contributed by atoms with Crippen molar-refractivity contribution in [3.8, 4) is 0 Å². The quantitative estimate of drug-likeness (QED) is 0.0253. The van der Waals surface area contributed by atoms with Crippen LogP contribution in [0, 0.1) is 17.8 Å². The van der Waals surface area contributed by atoms with Gasteiger partial charge in [0.15, 0.2) is 6.10 Å². The molecule has 1 rings (SSSR count). The highest BCUT2D eigenvalue weighted by Crippen LogP contribution is 2.37. The summed E-state index contributed by atoms with van der Waals surface area (Å²) in [6, 6.07) is 0. The molecule has 1 fully saturated rings. The van der Waals surface area contributed by atoms with Gasteiger partial charge in [0.05, 0.1) is 31.3 Å². The van der Waals surface area contributed by atoms with Gasteiger partial charge in [0.1, 0.15) is 6.61 Å². The van der Waals surface area contributed by atoms with Crippen LogP contribution in [0.4, 0.5) is 0 Å².